The van der Waals surface area contributed by atoms with E-state index in [0.717, 1.165) is 15.6 Å². The largest absolute Gasteiger partial charge is 0.488 e. The highest BCUT2D eigenvalue weighted by molar-refractivity contribution is 9.10. The lowest BCUT2D eigenvalue weighted by Crippen LogP contribution is -2.23. The number of hydrogen-bond donors (Lipinski definition) is 2. The molecule has 0 fully saturated rings. The van der Waals surface area contributed by atoms with Gasteiger partial charge >= 0.3 is 5.97 Å². The number of carboxylic acid groups (broad SMARTS) is 1. The molecule has 1 amide bonds. The van der Waals surface area contributed by atoms with Gasteiger partial charge in [-0.15, -0.1) is 0 Å². The zero-order chi connectivity index (χ0) is 22.9. The summed E-state index contributed by atoms with van der Waals surface area (Å²) in [7, 11) is 0. The lowest BCUT2D eigenvalue weighted by Gasteiger charge is -2.11. The fourth-order valence-electron chi connectivity index (χ4n) is 2.85. The maximum absolute atomic E-state index is 12.5. The van der Waals surface area contributed by atoms with Crippen LogP contribution in [0.2, 0.25) is 0 Å². The molecule has 0 atom stereocenters. The third-order valence-electron chi connectivity index (χ3n) is 4.53. The summed E-state index contributed by atoms with van der Waals surface area (Å²) in [5.41, 5.74) is 2.43. The van der Waals surface area contributed by atoms with Crippen molar-refractivity contribution in [2.45, 2.75) is 13.2 Å². The average Bonchev–Trinajstić information content (AvgIpc) is 2.81. The van der Waals surface area contributed by atoms with E-state index in [-0.39, 0.29) is 17.7 Å². The minimum Gasteiger partial charge on any atom is -0.488 e. The Morgan fingerprint density at radius 1 is 1.03 bits per heavy atom. The van der Waals surface area contributed by atoms with Crippen molar-refractivity contribution in [2.24, 2.45) is 0 Å². The summed E-state index contributed by atoms with van der Waals surface area (Å²) < 4.78 is 6.65. The molecule has 6 nitrogen and oxygen atoms in total. The van der Waals surface area contributed by atoms with Crippen molar-refractivity contribution in [1.82, 2.24) is 5.32 Å². The molecule has 0 saturated heterocycles. The highest BCUT2D eigenvalue weighted by Gasteiger charge is 2.12. The SMILES string of the molecule is N#CC(=Cc1cc(Br)ccc1OCc1ccc(C(=O)O)cc1)C(=O)NCc1ccccc1. The van der Waals surface area contributed by atoms with Crippen LogP contribution in [0.4, 0.5) is 0 Å². The molecule has 160 valence electrons. The van der Waals surface area contributed by atoms with E-state index in [9.17, 15) is 14.9 Å². The Morgan fingerprint density at radius 3 is 2.41 bits per heavy atom. The van der Waals surface area contributed by atoms with Gasteiger partial charge in [0.2, 0.25) is 0 Å². The van der Waals surface area contributed by atoms with E-state index in [0.29, 0.717) is 17.9 Å². The molecular formula is C25H19BrN2O4. The van der Waals surface area contributed by atoms with Crippen LogP contribution in [0.3, 0.4) is 0 Å². The van der Waals surface area contributed by atoms with E-state index < -0.39 is 11.9 Å². The molecule has 0 radical (unpaired) electrons. The summed E-state index contributed by atoms with van der Waals surface area (Å²) in [4.78, 5) is 23.5. The summed E-state index contributed by atoms with van der Waals surface area (Å²) in [6.07, 6.45) is 1.48. The Hall–Kier alpha value is -3.89. The van der Waals surface area contributed by atoms with Gasteiger partial charge in [-0.3, -0.25) is 4.79 Å². The molecule has 3 aromatic carbocycles. The highest BCUT2D eigenvalue weighted by atomic mass is 79.9. The number of carbonyl (C=O) groups is 2. The minimum absolute atomic E-state index is 0.0466. The summed E-state index contributed by atoms with van der Waals surface area (Å²) in [6.45, 7) is 0.511. The van der Waals surface area contributed by atoms with Gasteiger partial charge in [0.1, 0.15) is 24.0 Å². The van der Waals surface area contributed by atoms with E-state index in [1.807, 2.05) is 36.4 Å². The maximum atomic E-state index is 12.5. The molecule has 32 heavy (non-hydrogen) atoms. The minimum atomic E-state index is -0.993. The average molecular weight is 491 g/mol. The molecule has 0 aromatic heterocycles. The van der Waals surface area contributed by atoms with Gasteiger partial charge in [-0.2, -0.15) is 5.26 Å². The number of carboxylic acids is 1. The number of halogens is 1. The van der Waals surface area contributed by atoms with E-state index in [1.54, 1.807) is 30.3 Å². The number of amides is 1. The molecular weight excluding hydrogens is 472 g/mol. The van der Waals surface area contributed by atoms with Gasteiger partial charge in [0.25, 0.3) is 5.91 Å². The van der Waals surface area contributed by atoms with Gasteiger partial charge in [-0.25, -0.2) is 4.79 Å². The number of nitrogens with one attached hydrogen (secondary N) is 1. The maximum Gasteiger partial charge on any atom is 0.335 e. The molecule has 0 aliphatic carbocycles. The Labute approximate surface area is 193 Å². The first-order valence-corrected chi connectivity index (χ1v) is 10.4. The Balaban J connectivity index is 1.74. The Bertz CT molecular complexity index is 1180. The van der Waals surface area contributed by atoms with Gasteiger partial charge in [0.15, 0.2) is 0 Å². The number of aromatic carboxylic acids is 1. The van der Waals surface area contributed by atoms with Gasteiger partial charge in [0.05, 0.1) is 5.56 Å². The molecule has 3 rings (SSSR count). The summed E-state index contributed by atoms with van der Waals surface area (Å²) in [6, 6.07) is 23.0. The highest BCUT2D eigenvalue weighted by Crippen LogP contribution is 2.26. The third-order valence-corrected chi connectivity index (χ3v) is 5.02. The summed E-state index contributed by atoms with van der Waals surface area (Å²) >= 11 is 3.40. The van der Waals surface area contributed by atoms with E-state index in [1.165, 1.54) is 18.2 Å². The third kappa shape index (κ3) is 6.30. The lowest BCUT2D eigenvalue weighted by molar-refractivity contribution is -0.117. The normalized spacial score (nSPS) is 10.8. The van der Waals surface area contributed by atoms with Gasteiger partial charge < -0.3 is 15.2 Å². The first-order chi connectivity index (χ1) is 15.5. The number of hydrogen-bond acceptors (Lipinski definition) is 4. The predicted molar refractivity (Wildman–Crippen MR) is 124 cm³/mol. The molecule has 2 N–H and O–H groups in total. The van der Waals surface area contributed by atoms with Crippen LogP contribution in [-0.4, -0.2) is 17.0 Å². The van der Waals surface area contributed by atoms with Crippen molar-refractivity contribution in [2.75, 3.05) is 0 Å². The van der Waals surface area contributed by atoms with E-state index in [4.69, 9.17) is 9.84 Å². The quantitative estimate of drug-likeness (QED) is 0.343. The fraction of sp³-hybridized carbons (Fsp3) is 0.0800. The second-order valence-electron chi connectivity index (χ2n) is 6.81. The van der Waals surface area contributed by atoms with E-state index >= 15 is 0 Å². The molecule has 0 saturated carbocycles. The summed E-state index contributed by atoms with van der Waals surface area (Å²) in [5, 5.41) is 21.3. The molecule has 0 unspecified atom stereocenters. The number of benzene rings is 3. The number of nitriles is 1. The molecule has 0 heterocycles. The van der Waals surface area contributed by atoms with E-state index in [2.05, 4.69) is 21.2 Å². The number of ether oxygens (including phenoxy) is 1. The zero-order valence-electron chi connectivity index (χ0n) is 16.9. The van der Waals surface area contributed by atoms with Crippen LogP contribution < -0.4 is 10.1 Å². The molecule has 0 bridgehead atoms. The van der Waals surface area contributed by atoms with Gasteiger partial charge in [0, 0.05) is 16.6 Å². The monoisotopic (exact) mass is 490 g/mol. The molecule has 7 heteroatoms. The Morgan fingerprint density at radius 2 is 1.75 bits per heavy atom. The van der Waals surface area contributed by atoms with Crippen LogP contribution in [0.15, 0.2) is 82.8 Å². The van der Waals surface area contributed by atoms with Gasteiger partial charge in [-0.05, 0) is 47.5 Å². The van der Waals surface area contributed by atoms with Crippen LogP contribution in [0.1, 0.15) is 27.0 Å². The van der Waals surface area contributed by atoms with Crippen molar-refractivity contribution in [3.63, 3.8) is 0 Å². The van der Waals surface area contributed by atoms with Crippen LogP contribution in [-0.2, 0) is 17.9 Å². The number of carbonyl (C=O) groups excluding carboxylic acids is 1. The standard InChI is InChI=1S/C25H19BrN2O4/c26-22-10-11-23(32-16-18-6-8-19(9-7-18)25(30)31)20(13-22)12-21(14-27)24(29)28-15-17-4-2-1-3-5-17/h1-13H,15-16H2,(H,28,29)(H,30,31). The lowest BCUT2D eigenvalue weighted by atomic mass is 10.1. The second-order valence-corrected chi connectivity index (χ2v) is 7.73. The van der Waals surface area contributed by atoms with Crippen LogP contribution in [0.5, 0.6) is 5.75 Å². The first kappa shape index (κ1) is 22.8. The number of rotatable bonds is 8. The topological polar surface area (TPSA) is 99.4 Å². The predicted octanol–water partition coefficient (Wildman–Crippen LogP) is 4.95. The second kappa shape index (κ2) is 10.9. The van der Waals surface area contributed by atoms with Crippen LogP contribution >= 0.6 is 15.9 Å². The van der Waals surface area contributed by atoms with Crippen LogP contribution in [0.25, 0.3) is 6.08 Å². The molecule has 0 aliphatic rings. The molecule has 3 aromatic rings. The first-order valence-electron chi connectivity index (χ1n) is 9.65. The number of nitrogens with zero attached hydrogens (tertiary/aromatic N) is 1. The summed E-state index contributed by atoms with van der Waals surface area (Å²) in [5.74, 6) is -0.988. The van der Waals surface area contributed by atoms with Crippen molar-refractivity contribution in [3.8, 4) is 11.8 Å². The molecule has 0 aliphatic heterocycles. The van der Waals surface area contributed by atoms with Crippen molar-refractivity contribution in [1.29, 1.82) is 5.26 Å². The van der Waals surface area contributed by atoms with Crippen molar-refractivity contribution >= 4 is 33.9 Å². The smallest absolute Gasteiger partial charge is 0.335 e. The zero-order valence-corrected chi connectivity index (χ0v) is 18.5. The van der Waals surface area contributed by atoms with Gasteiger partial charge in [-0.1, -0.05) is 58.4 Å². The van der Waals surface area contributed by atoms with Crippen LogP contribution in [0, 0.1) is 11.3 Å². The van der Waals surface area contributed by atoms with Crippen molar-refractivity contribution < 1.29 is 19.4 Å². The Kier molecular flexibility index (Phi) is 7.79. The van der Waals surface area contributed by atoms with Crippen molar-refractivity contribution in [3.05, 3.63) is 105 Å². The molecule has 0 spiro atoms. The fourth-order valence-corrected chi connectivity index (χ4v) is 3.22.